The zero-order valence-electron chi connectivity index (χ0n) is 13.6. The molecule has 2 rings (SSSR count). The molecule has 4 nitrogen and oxygen atoms in total. The lowest BCUT2D eigenvalue weighted by Gasteiger charge is -2.38. The number of ether oxygens (including phenoxy) is 1. The van der Waals surface area contributed by atoms with Crippen LogP contribution in [-0.4, -0.2) is 43.8 Å². The van der Waals surface area contributed by atoms with Gasteiger partial charge in [-0.2, -0.15) is 0 Å². The largest absolute Gasteiger partial charge is 0.504 e. The Bertz CT molecular complexity index is 468. The Labute approximate surface area is 128 Å². The highest BCUT2D eigenvalue weighted by Gasteiger charge is 2.29. The van der Waals surface area contributed by atoms with E-state index in [2.05, 4.69) is 31.1 Å². The summed E-state index contributed by atoms with van der Waals surface area (Å²) in [5, 5.41) is 13.3. The van der Waals surface area contributed by atoms with Crippen LogP contribution in [0.2, 0.25) is 0 Å². The van der Waals surface area contributed by atoms with Crippen LogP contribution in [0.3, 0.4) is 0 Å². The molecular weight excluding hydrogens is 264 g/mol. The standard InChI is InChI=1S/C17H28N2O2/c1-13(14-5-6-15(20)16(11-14)21-4)18-12-17(2)7-9-19(3)10-8-17/h5-6,11,13,18,20H,7-10,12H2,1-4H3. The van der Waals surface area contributed by atoms with Gasteiger partial charge in [-0.3, -0.25) is 0 Å². The molecule has 1 aromatic carbocycles. The van der Waals surface area contributed by atoms with Crippen LogP contribution in [0.1, 0.15) is 38.3 Å². The predicted molar refractivity (Wildman–Crippen MR) is 85.9 cm³/mol. The normalized spacial score (nSPS) is 20.2. The minimum Gasteiger partial charge on any atom is -0.504 e. The molecule has 0 saturated carbocycles. The van der Waals surface area contributed by atoms with Crippen LogP contribution in [0.15, 0.2) is 18.2 Å². The second kappa shape index (κ2) is 6.67. The van der Waals surface area contributed by atoms with Crippen molar-refractivity contribution >= 4 is 0 Å². The van der Waals surface area contributed by atoms with Crippen molar-refractivity contribution < 1.29 is 9.84 Å². The first-order valence-corrected chi connectivity index (χ1v) is 7.72. The van der Waals surface area contributed by atoms with Crippen molar-refractivity contribution in [3.05, 3.63) is 23.8 Å². The Morgan fingerprint density at radius 3 is 2.67 bits per heavy atom. The van der Waals surface area contributed by atoms with E-state index in [4.69, 9.17) is 4.74 Å². The number of aromatic hydroxyl groups is 1. The number of phenolic OH excluding ortho intramolecular Hbond substituents is 1. The lowest BCUT2D eigenvalue weighted by atomic mass is 9.80. The molecule has 1 aromatic rings. The van der Waals surface area contributed by atoms with Gasteiger partial charge in [0.15, 0.2) is 11.5 Å². The first kappa shape index (κ1) is 16.1. The van der Waals surface area contributed by atoms with Gasteiger partial charge in [0.05, 0.1) is 7.11 Å². The number of likely N-dealkylation sites (tertiary alicyclic amines) is 1. The first-order chi connectivity index (χ1) is 9.93. The quantitative estimate of drug-likeness (QED) is 0.876. The van der Waals surface area contributed by atoms with E-state index < -0.39 is 0 Å². The zero-order chi connectivity index (χ0) is 15.5. The molecule has 1 atom stereocenters. The van der Waals surface area contributed by atoms with Gasteiger partial charge in [0, 0.05) is 12.6 Å². The first-order valence-electron chi connectivity index (χ1n) is 7.72. The molecule has 1 aliphatic heterocycles. The van der Waals surface area contributed by atoms with E-state index in [-0.39, 0.29) is 11.8 Å². The number of hydrogen-bond donors (Lipinski definition) is 2. The molecule has 2 N–H and O–H groups in total. The summed E-state index contributed by atoms with van der Waals surface area (Å²) in [6.07, 6.45) is 2.48. The molecule has 0 radical (unpaired) electrons. The van der Waals surface area contributed by atoms with Gasteiger partial charge in [-0.25, -0.2) is 0 Å². The van der Waals surface area contributed by atoms with Crippen molar-refractivity contribution in [3.8, 4) is 11.5 Å². The molecule has 0 aromatic heterocycles. The SMILES string of the molecule is COc1cc(C(C)NCC2(C)CCN(C)CC2)ccc1O. The average molecular weight is 292 g/mol. The van der Waals surface area contributed by atoms with Crippen molar-refractivity contribution in [1.82, 2.24) is 10.2 Å². The second-order valence-electron chi connectivity index (χ2n) is 6.65. The number of methoxy groups -OCH3 is 1. The van der Waals surface area contributed by atoms with E-state index in [9.17, 15) is 5.11 Å². The van der Waals surface area contributed by atoms with Gasteiger partial charge in [0.2, 0.25) is 0 Å². The van der Waals surface area contributed by atoms with Gasteiger partial charge in [-0.05, 0) is 63.0 Å². The molecule has 21 heavy (non-hydrogen) atoms. The molecule has 4 heteroatoms. The van der Waals surface area contributed by atoms with Crippen molar-refractivity contribution in [2.45, 2.75) is 32.7 Å². The summed E-state index contributed by atoms with van der Waals surface area (Å²) in [7, 11) is 3.77. The number of benzene rings is 1. The number of nitrogens with one attached hydrogen (secondary N) is 1. The summed E-state index contributed by atoms with van der Waals surface area (Å²) in [5.74, 6) is 0.724. The second-order valence-corrected chi connectivity index (χ2v) is 6.65. The number of nitrogens with zero attached hydrogens (tertiary/aromatic N) is 1. The fourth-order valence-corrected chi connectivity index (χ4v) is 2.82. The highest BCUT2D eigenvalue weighted by atomic mass is 16.5. The van der Waals surface area contributed by atoms with Crippen molar-refractivity contribution in [2.24, 2.45) is 5.41 Å². The number of rotatable bonds is 5. The lowest BCUT2D eigenvalue weighted by Crippen LogP contribution is -2.42. The van der Waals surface area contributed by atoms with Gasteiger partial charge in [0.25, 0.3) is 0 Å². The fourth-order valence-electron chi connectivity index (χ4n) is 2.82. The number of piperidine rings is 1. The third kappa shape index (κ3) is 4.11. The summed E-state index contributed by atoms with van der Waals surface area (Å²) in [5.41, 5.74) is 1.52. The maximum atomic E-state index is 9.67. The van der Waals surface area contributed by atoms with Gasteiger partial charge in [-0.1, -0.05) is 13.0 Å². The van der Waals surface area contributed by atoms with Crippen LogP contribution in [0.4, 0.5) is 0 Å². The Balaban J connectivity index is 1.94. The molecule has 1 saturated heterocycles. The molecule has 0 spiro atoms. The van der Waals surface area contributed by atoms with E-state index in [1.54, 1.807) is 13.2 Å². The van der Waals surface area contributed by atoms with Crippen LogP contribution in [-0.2, 0) is 0 Å². The molecule has 0 amide bonds. The topological polar surface area (TPSA) is 44.7 Å². The summed E-state index contributed by atoms with van der Waals surface area (Å²) in [4.78, 5) is 2.40. The monoisotopic (exact) mass is 292 g/mol. The molecule has 1 aliphatic rings. The van der Waals surface area contributed by atoms with Gasteiger partial charge < -0.3 is 20.1 Å². The number of hydrogen-bond acceptors (Lipinski definition) is 4. The van der Waals surface area contributed by atoms with E-state index >= 15 is 0 Å². The van der Waals surface area contributed by atoms with Crippen LogP contribution in [0.5, 0.6) is 11.5 Å². The predicted octanol–water partition coefficient (Wildman–Crippen LogP) is 2.78. The fraction of sp³-hybridized carbons (Fsp3) is 0.647. The molecule has 0 aliphatic carbocycles. The van der Waals surface area contributed by atoms with Gasteiger partial charge in [0.1, 0.15) is 0 Å². The van der Waals surface area contributed by atoms with Crippen LogP contribution in [0.25, 0.3) is 0 Å². The zero-order valence-corrected chi connectivity index (χ0v) is 13.6. The minimum absolute atomic E-state index is 0.190. The molecule has 1 unspecified atom stereocenters. The maximum absolute atomic E-state index is 9.67. The Hall–Kier alpha value is -1.26. The molecular formula is C17H28N2O2. The van der Waals surface area contributed by atoms with E-state index in [0.29, 0.717) is 11.2 Å². The highest BCUT2D eigenvalue weighted by molar-refractivity contribution is 5.42. The van der Waals surface area contributed by atoms with Crippen molar-refractivity contribution in [3.63, 3.8) is 0 Å². The Morgan fingerprint density at radius 2 is 2.05 bits per heavy atom. The van der Waals surface area contributed by atoms with Crippen molar-refractivity contribution in [2.75, 3.05) is 33.8 Å². The Kier molecular flexibility index (Phi) is 5.12. The number of phenols is 1. The van der Waals surface area contributed by atoms with Crippen LogP contribution >= 0.6 is 0 Å². The van der Waals surface area contributed by atoms with Crippen LogP contribution in [0, 0.1) is 5.41 Å². The molecule has 118 valence electrons. The summed E-state index contributed by atoms with van der Waals surface area (Å²) in [6, 6.07) is 5.80. The smallest absolute Gasteiger partial charge is 0.160 e. The maximum Gasteiger partial charge on any atom is 0.160 e. The molecule has 1 heterocycles. The summed E-state index contributed by atoms with van der Waals surface area (Å²) >= 11 is 0. The molecule has 1 fully saturated rings. The average Bonchev–Trinajstić information content (AvgIpc) is 2.49. The summed E-state index contributed by atoms with van der Waals surface area (Å²) in [6.45, 7) is 7.91. The Morgan fingerprint density at radius 1 is 1.38 bits per heavy atom. The van der Waals surface area contributed by atoms with E-state index in [0.717, 1.165) is 12.1 Å². The van der Waals surface area contributed by atoms with E-state index in [1.807, 2.05) is 12.1 Å². The van der Waals surface area contributed by atoms with Crippen LogP contribution < -0.4 is 10.1 Å². The van der Waals surface area contributed by atoms with Gasteiger partial charge in [-0.15, -0.1) is 0 Å². The third-order valence-electron chi connectivity index (χ3n) is 4.73. The van der Waals surface area contributed by atoms with Crippen molar-refractivity contribution in [1.29, 1.82) is 0 Å². The summed E-state index contributed by atoms with van der Waals surface area (Å²) < 4.78 is 5.18. The van der Waals surface area contributed by atoms with E-state index in [1.165, 1.54) is 25.9 Å². The third-order valence-corrected chi connectivity index (χ3v) is 4.73. The lowest BCUT2D eigenvalue weighted by molar-refractivity contribution is 0.134. The highest BCUT2D eigenvalue weighted by Crippen LogP contribution is 2.32. The molecule has 0 bridgehead atoms. The van der Waals surface area contributed by atoms with Gasteiger partial charge >= 0.3 is 0 Å². The minimum atomic E-state index is 0.190.